The molecule has 0 aliphatic heterocycles. The fraction of sp³-hybridized carbons (Fsp3) is 0.727. The topological polar surface area (TPSA) is 26.3 Å². The number of ether oxygens (including phenoxy) is 1. The Morgan fingerprint density at radius 1 is 0.933 bits per heavy atom. The molecule has 0 saturated heterocycles. The Morgan fingerprint density at radius 2 is 1.33 bits per heavy atom. The van der Waals surface area contributed by atoms with E-state index in [0.717, 1.165) is 3.59 Å². The van der Waals surface area contributed by atoms with Gasteiger partial charge < -0.3 is 0 Å². The molecule has 0 saturated carbocycles. The first-order chi connectivity index (χ1) is 6.51. The van der Waals surface area contributed by atoms with E-state index in [2.05, 4.69) is 36.6 Å². The van der Waals surface area contributed by atoms with Crippen molar-refractivity contribution in [2.75, 3.05) is 7.11 Å². The molecule has 2 nitrogen and oxygen atoms in total. The molecule has 0 aromatic heterocycles. The van der Waals surface area contributed by atoms with Crippen molar-refractivity contribution in [1.29, 1.82) is 0 Å². The normalized spacial score (nSPS) is 14.7. The number of hydrogen-bond acceptors (Lipinski definition) is 2. The molecule has 0 radical (unpaired) electrons. The first-order valence-electron chi connectivity index (χ1n) is 5.32. The van der Waals surface area contributed by atoms with Crippen LogP contribution in [-0.4, -0.2) is 49.8 Å². The number of allylic oxidation sites excluding steroid dienone is 1. The van der Waals surface area contributed by atoms with Crippen molar-refractivity contribution in [2.45, 2.75) is 36.6 Å². The Bertz CT molecular complexity index is 280. The summed E-state index contributed by atoms with van der Waals surface area (Å²) < 4.78 is 7.44. The van der Waals surface area contributed by atoms with Gasteiger partial charge in [0.05, 0.1) is 0 Å². The molecule has 0 aromatic carbocycles. The Kier molecular flexibility index (Phi) is 5.72. The number of carbonyl (C=O) groups excluding carboxylic acids is 1. The molecule has 0 bridgehead atoms. The van der Waals surface area contributed by atoms with E-state index in [-0.39, 0.29) is 5.97 Å². The van der Waals surface area contributed by atoms with Gasteiger partial charge in [-0.25, -0.2) is 0 Å². The van der Waals surface area contributed by atoms with Gasteiger partial charge in [-0.05, 0) is 0 Å². The van der Waals surface area contributed by atoms with E-state index in [1.54, 1.807) is 0 Å². The van der Waals surface area contributed by atoms with Gasteiger partial charge in [0.25, 0.3) is 0 Å². The van der Waals surface area contributed by atoms with Gasteiger partial charge in [0.1, 0.15) is 0 Å². The van der Waals surface area contributed by atoms with Crippen LogP contribution < -0.4 is 0 Å². The molecule has 0 fully saturated rings. The average molecular weight is 426 g/mol. The van der Waals surface area contributed by atoms with Crippen molar-refractivity contribution in [3.63, 3.8) is 0 Å². The molecule has 0 unspecified atom stereocenters. The van der Waals surface area contributed by atoms with Crippen LogP contribution in [0.2, 0.25) is 29.6 Å². The summed E-state index contributed by atoms with van der Waals surface area (Å²) in [5.74, 6) is -0.0672. The Morgan fingerprint density at radius 3 is 1.53 bits per heavy atom. The summed E-state index contributed by atoms with van der Waals surface area (Å²) >= 11 is -4.45. The van der Waals surface area contributed by atoms with Gasteiger partial charge in [-0.2, -0.15) is 0 Å². The first-order valence-corrected chi connectivity index (χ1v) is 25.3. The van der Waals surface area contributed by atoms with Gasteiger partial charge in [0.2, 0.25) is 0 Å². The zero-order valence-corrected chi connectivity index (χ0v) is 17.0. The van der Waals surface area contributed by atoms with Crippen LogP contribution >= 0.6 is 0 Å². The van der Waals surface area contributed by atoms with Crippen LogP contribution in [0.1, 0.15) is 6.92 Å². The van der Waals surface area contributed by atoms with E-state index in [9.17, 15) is 4.79 Å². The van der Waals surface area contributed by atoms with E-state index in [1.807, 2.05) is 0 Å². The number of methoxy groups -OCH3 is 1. The summed E-state index contributed by atoms with van der Waals surface area (Å²) in [4.78, 5) is 25.7. The quantitative estimate of drug-likeness (QED) is 0.394. The van der Waals surface area contributed by atoms with Crippen LogP contribution in [0.25, 0.3) is 0 Å². The molecular formula is C11H24O2Sn2. The van der Waals surface area contributed by atoms with Crippen molar-refractivity contribution in [2.24, 2.45) is 0 Å². The van der Waals surface area contributed by atoms with Crippen LogP contribution in [0.4, 0.5) is 0 Å². The van der Waals surface area contributed by atoms with Crippen LogP contribution in [0.15, 0.2) is 7.18 Å². The second-order valence-corrected chi connectivity index (χ2v) is 35.2. The van der Waals surface area contributed by atoms with E-state index < -0.39 is 36.8 Å². The molecule has 0 aliphatic rings. The van der Waals surface area contributed by atoms with Crippen molar-refractivity contribution >= 4 is 42.7 Å². The molecule has 0 aromatic rings. The fourth-order valence-electron chi connectivity index (χ4n) is 1.50. The molecule has 0 heterocycles. The first kappa shape index (κ1) is 15.8. The SMILES string of the molecule is COC(=O)/[C](=[C](\C)[Sn]([CH3])([CH3])[CH3])[Sn]([CH3])([CH3])[CH3]. The van der Waals surface area contributed by atoms with Gasteiger partial charge in [-0.1, -0.05) is 0 Å². The van der Waals surface area contributed by atoms with Crippen LogP contribution in [0.5, 0.6) is 0 Å². The van der Waals surface area contributed by atoms with Gasteiger partial charge in [0.15, 0.2) is 0 Å². The molecule has 0 spiro atoms. The van der Waals surface area contributed by atoms with Crippen molar-refractivity contribution < 1.29 is 9.53 Å². The standard InChI is InChI=1S/C5H6O2.6CH3.2Sn/c1-3-4-5(6)7-2;;;;;;;;/h1-2H3;6*1H3;;. The monoisotopic (exact) mass is 428 g/mol. The molecule has 0 N–H and O–H groups in total. The third kappa shape index (κ3) is 4.67. The molecule has 0 amide bonds. The summed E-state index contributed by atoms with van der Waals surface area (Å²) in [7, 11) is 1.49. The van der Waals surface area contributed by atoms with E-state index in [4.69, 9.17) is 4.74 Å². The van der Waals surface area contributed by atoms with E-state index in [0.29, 0.717) is 0 Å². The Hall–Kier alpha value is 0.807. The van der Waals surface area contributed by atoms with Crippen molar-refractivity contribution in [3.8, 4) is 0 Å². The number of esters is 1. The number of rotatable bonds is 3. The minimum atomic E-state index is -2.33. The van der Waals surface area contributed by atoms with E-state index >= 15 is 0 Å². The van der Waals surface area contributed by atoms with Gasteiger partial charge in [-0.15, -0.1) is 0 Å². The predicted octanol–water partition coefficient (Wildman–Crippen LogP) is 3.23. The zero-order chi connectivity index (χ0) is 12.4. The van der Waals surface area contributed by atoms with Crippen LogP contribution in [-0.2, 0) is 9.53 Å². The third-order valence-corrected chi connectivity index (χ3v) is 17.7. The molecule has 0 rings (SSSR count). The van der Waals surface area contributed by atoms with Crippen molar-refractivity contribution in [1.82, 2.24) is 0 Å². The molecule has 4 heteroatoms. The van der Waals surface area contributed by atoms with Gasteiger partial charge in [-0.3, -0.25) is 0 Å². The minimum absolute atomic E-state index is 0.0672. The molecule has 15 heavy (non-hydrogen) atoms. The summed E-state index contributed by atoms with van der Waals surface area (Å²) in [6, 6.07) is 0. The van der Waals surface area contributed by atoms with Crippen LogP contribution in [0, 0.1) is 0 Å². The molecule has 0 atom stereocenters. The summed E-state index contributed by atoms with van der Waals surface area (Å²) in [6.45, 7) is 2.16. The third-order valence-electron chi connectivity index (χ3n) is 2.64. The average Bonchev–Trinajstić information content (AvgIpc) is 1.99. The van der Waals surface area contributed by atoms with Gasteiger partial charge in [0, 0.05) is 0 Å². The Labute approximate surface area is 102 Å². The maximum absolute atomic E-state index is 11.9. The summed E-state index contributed by atoms with van der Waals surface area (Å²) in [6.07, 6.45) is 0. The fourth-order valence-corrected chi connectivity index (χ4v) is 23.5. The molecule has 88 valence electrons. The van der Waals surface area contributed by atoms with E-state index in [1.165, 1.54) is 10.7 Å². The Balaban J connectivity index is 5.59. The number of carbonyl (C=O) groups is 1. The number of hydrogen-bond donors (Lipinski definition) is 0. The molecule has 0 aliphatic carbocycles. The summed E-state index contributed by atoms with van der Waals surface area (Å²) in [5, 5.41) is 0. The second kappa shape index (κ2) is 5.43. The zero-order valence-electron chi connectivity index (χ0n) is 11.3. The predicted molar refractivity (Wildman–Crippen MR) is 71.4 cm³/mol. The van der Waals surface area contributed by atoms with Crippen molar-refractivity contribution in [3.05, 3.63) is 7.18 Å². The summed E-state index contributed by atoms with van der Waals surface area (Å²) in [5.41, 5.74) is 0. The molecular weight excluding hydrogens is 402 g/mol. The van der Waals surface area contributed by atoms with Crippen LogP contribution in [0.3, 0.4) is 0 Å². The van der Waals surface area contributed by atoms with Gasteiger partial charge >= 0.3 is 103 Å². The maximum atomic E-state index is 11.9. The second-order valence-electron chi connectivity index (χ2n) is 5.99.